The minimum absolute atomic E-state index is 0.0609. The van der Waals surface area contributed by atoms with Crippen molar-refractivity contribution in [3.8, 4) is 0 Å². The Morgan fingerprint density at radius 2 is 1.92 bits per heavy atom. The summed E-state index contributed by atoms with van der Waals surface area (Å²) >= 11 is 9.78. The van der Waals surface area contributed by atoms with E-state index in [0.29, 0.717) is 5.75 Å². The number of nitrogens with one attached hydrogen (secondary N) is 1. The third-order valence-corrected chi connectivity index (χ3v) is 6.96. The average Bonchev–Trinajstić information content (AvgIpc) is 2.67. The first-order valence-electron chi connectivity index (χ1n) is 8.53. The van der Waals surface area contributed by atoms with Crippen LogP contribution in [0.25, 0.3) is 10.8 Å². The molecule has 2 nitrogen and oxygen atoms in total. The van der Waals surface area contributed by atoms with Crippen molar-refractivity contribution in [2.24, 2.45) is 0 Å². The molecule has 1 amide bonds. The number of carbonyl (C=O) groups excluding carboxylic acids is 1. The van der Waals surface area contributed by atoms with Crippen LogP contribution in [0.2, 0.25) is 5.02 Å². The van der Waals surface area contributed by atoms with E-state index in [4.69, 9.17) is 11.6 Å². The van der Waals surface area contributed by atoms with Gasteiger partial charge in [-0.05, 0) is 35.6 Å². The highest BCUT2D eigenvalue weighted by molar-refractivity contribution is 8.00. The summed E-state index contributed by atoms with van der Waals surface area (Å²) in [6, 6.07) is 20.4. The fourth-order valence-electron chi connectivity index (χ4n) is 3.25. The Morgan fingerprint density at radius 1 is 1.12 bits per heavy atom. The highest BCUT2D eigenvalue weighted by atomic mass is 35.5. The van der Waals surface area contributed by atoms with Gasteiger partial charge in [0.15, 0.2) is 0 Å². The third kappa shape index (κ3) is 3.73. The smallest absolute Gasteiger partial charge is 0.230 e. The van der Waals surface area contributed by atoms with Gasteiger partial charge < -0.3 is 5.32 Å². The van der Waals surface area contributed by atoms with Gasteiger partial charge in [-0.2, -0.15) is 0 Å². The van der Waals surface area contributed by atoms with Gasteiger partial charge >= 0.3 is 0 Å². The maximum Gasteiger partial charge on any atom is 0.230 e. The maximum atomic E-state index is 12.5. The van der Waals surface area contributed by atoms with Crippen LogP contribution in [0.1, 0.15) is 18.0 Å². The standard InChI is InChI=1S/C21H18ClNOS2/c22-16-8-3-5-14-6-4-10-19(21(14)16)26-13-20(24)23-17-11-12-25-18-9-2-1-7-15(17)18/h1-10,17H,11-13H2,(H,23,24)/t17-/m0/s1. The molecular formula is C21H18ClNOS2. The molecule has 0 aliphatic carbocycles. The first kappa shape index (κ1) is 17.8. The Morgan fingerprint density at radius 3 is 2.81 bits per heavy atom. The maximum absolute atomic E-state index is 12.5. The van der Waals surface area contributed by atoms with Crippen LogP contribution in [0, 0.1) is 0 Å². The molecule has 0 saturated carbocycles. The normalized spacial score (nSPS) is 16.3. The lowest BCUT2D eigenvalue weighted by molar-refractivity contribution is -0.119. The SMILES string of the molecule is O=C(CSc1cccc2cccc(Cl)c12)N[C@H]1CCSc2ccccc21. The van der Waals surface area contributed by atoms with Crippen molar-refractivity contribution in [1.29, 1.82) is 0 Å². The van der Waals surface area contributed by atoms with Crippen molar-refractivity contribution in [2.45, 2.75) is 22.3 Å². The number of amides is 1. The summed E-state index contributed by atoms with van der Waals surface area (Å²) in [6.07, 6.45) is 0.970. The molecule has 1 atom stereocenters. The van der Waals surface area contributed by atoms with Crippen molar-refractivity contribution >= 4 is 51.8 Å². The number of fused-ring (bicyclic) bond motifs is 2. The zero-order valence-electron chi connectivity index (χ0n) is 14.1. The molecule has 1 aliphatic heterocycles. The van der Waals surface area contributed by atoms with Crippen molar-refractivity contribution in [3.63, 3.8) is 0 Å². The highest BCUT2D eigenvalue weighted by Crippen LogP contribution is 2.36. The van der Waals surface area contributed by atoms with Gasteiger partial charge in [0.25, 0.3) is 0 Å². The summed E-state index contributed by atoms with van der Waals surface area (Å²) in [4.78, 5) is 14.9. The Bertz CT molecular complexity index is 954. The second-order valence-corrected chi connectivity index (χ2v) is 8.74. The summed E-state index contributed by atoms with van der Waals surface area (Å²) in [5, 5.41) is 6.05. The second-order valence-electron chi connectivity index (χ2n) is 6.18. The molecule has 5 heteroatoms. The fraction of sp³-hybridized carbons (Fsp3) is 0.190. The first-order chi connectivity index (χ1) is 12.7. The first-order valence-corrected chi connectivity index (χ1v) is 10.9. The lowest BCUT2D eigenvalue weighted by Gasteiger charge is -2.25. The third-order valence-electron chi connectivity index (χ3n) is 4.47. The van der Waals surface area contributed by atoms with Crippen molar-refractivity contribution in [3.05, 3.63) is 71.2 Å². The quantitative estimate of drug-likeness (QED) is 0.550. The summed E-state index contributed by atoms with van der Waals surface area (Å²) in [5.74, 6) is 1.48. The Labute approximate surface area is 166 Å². The predicted molar refractivity (Wildman–Crippen MR) is 112 cm³/mol. The van der Waals surface area contributed by atoms with E-state index in [0.717, 1.165) is 32.9 Å². The van der Waals surface area contributed by atoms with E-state index in [1.165, 1.54) is 10.5 Å². The Kier molecular flexibility index (Phi) is 5.44. The number of hydrogen-bond acceptors (Lipinski definition) is 3. The minimum Gasteiger partial charge on any atom is -0.349 e. The number of thioether (sulfide) groups is 2. The van der Waals surface area contributed by atoms with Gasteiger partial charge in [-0.3, -0.25) is 4.79 Å². The van der Waals surface area contributed by atoms with Gasteiger partial charge in [-0.25, -0.2) is 0 Å². The van der Waals surface area contributed by atoms with Gasteiger partial charge in [0, 0.05) is 26.0 Å². The number of hydrogen-bond donors (Lipinski definition) is 1. The molecule has 0 fully saturated rings. The average molecular weight is 400 g/mol. The molecule has 0 aromatic heterocycles. The van der Waals surface area contributed by atoms with E-state index in [1.54, 1.807) is 11.8 Å². The van der Waals surface area contributed by atoms with Gasteiger partial charge in [-0.1, -0.05) is 54.1 Å². The molecule has 3 aromatic carbocycles. The molecule has 4 rings (SSSR count). The summed E-state index contributed by atoms with van der Waals surface area (Å²) in [6.45, 7) is 0. The molecular weight excluding hydrogens is 382 g/mol. The van der Waals surface area contributed by atoms with Gasteiger partial charge in [0.05, 0.1) is 11.8 Å². The minimum atomic E-state index is 0.0609. The van der Waals surface area contributed by atoms with E-state index < -0.39 is 0 Å². The number of carbonyl (C=O) groups is 1. The Hall–Kier alpha value is -1.62. The van der Waals surface area contributed by atoms with Gasteiger partial charge in [-0.15, -0.1) is 23.5 Å². The van der Waals surface area contributed by atoms with E-state index in [1.807, 2.05) is 54.2 Å². The Balaban J connectivity index is 1.46. The summed E-state index contributed by atoms with van der Waals surface area (Å²) in [5.41, 5.74) is 1.23. The number of halogens is 1. The van der Waals surface area contributed by atoms with Crippen molar-refractivity contribution in [1.82, 2.24) is 5.32 Å². The molecule has 0 radical (unpaired) electrons. The van der Waals surface area contributed by atoms with E-state index in [9.17, 15) is 4.79 Å². The highest BCUT2D eigenvalue weighted by Gasteiger charge is 2.21. The van der Waals surface area contributed by atoms with Crippen molar-refractivity contribution < 1.29 is 4.79 Å². The molecule has 1 aliphatic rings. The molecule has 132 valence electrons. The van der Waals surface area contributed by atoms with Crippen LogP contribution >= 0.6 is 35.1 Å². The van der Waals surface area contributed by atoms with Crippen LogP contribution in [-0.4, -0.2) is 17.4 Å². The molecule has 0 saturated heterocycles. The van der Waals surface area contributed by atoms with Gasteiger partial charge in [0.1, 0.15) is 0 Å². The zero-order chi connectivity index (χ0) is 17.9. The molecule has 0 bridgehead atoms. The second kappa shape index (κ2) is 7.95. The molecule has 1 heterocycles. The van der Waals surface area contributed by atoms with Gasteiger partial charge in [0.2, 0.25) is 5.91 Å². The topological polar surface area (TPSA) is 29.1 Å². The van der Waals surface area contributed by atoms with Crippen LogP contribution in [0.5, 0.6) is 0 Å². The molecule has 1 N–H and O–H groups in total. The number of rotatable bonds is 4. The number of benzene rings is 3. The van der Waals surface area contributed by atoms with E-state index in [2.05, 4.69) is 23.5 Å². The predicted octanol–water partition coefficient (Wildman–Crippen LogP) is 5.94. The van der Waals surface area contributed by atoms with E-state index in [-0.39, 0.29) is 11.9 Å². The van der Waals surface area contributed by atoms with Crippen LogP contribution < -0.4 is 5.32 Å². The molecule has 26 heavy (non-hydrogen) atoms. The lowest BCUT2D eigenvalue weighted by Crippen LogP contribution is -2.31. The van der Waals surface area contributed by atoms with Crippen LogP contribution in [0.15, 0.2) is 70.5 Å². The monoisotopic (exact) mass is 399 g/mol. The molecule has 3 aromatic rings. The van der Waals surface area contributed by atoms with E-state index >= 15 is 0 Å². The molecule has 0 spiro atoms. The van der Waals surface area contributed by atoms with Crippen LogP contribution in [-0.2, 0) is 4.79 Å². The summed E-state index contributed by atoms with van der Waals surface area (Å²) in [7, 11) is 0. The lowest BCUT2D eigenvalue weighted by atomic mass is 10.0. The largest absolute Gasteiger partial charge is 0.349 e. The van der Waals surface area contributed by atoms with Crippen LogP contribution in [0.4, 0.5) is 0 Å². The van der Waals surface area contributed by atoms with Crippen molar-refractivity contribution in [2.75, 3.05) is 11.5 Å². The van der Waals surface area contributed by atoms with Crippen LogP contribution in [0.3, 0.4) is 0 Å². The fourth-order valence-corrected chi connectivity index (χ4v) is 5.64. The molecule has 0 unspecified atom stereocenters. The summed E-state index contributed by atoms with van der Waals surface area (Å²) < 4.78 is 0. The zero-order valence-corrected chi connectivity index (χ0v) is 16.5.